The van der Waals surface area contributed by atoms with Gasteiger partial charge >= 0.3 is 0 Å². The maximum absolute atomic E-state index is 2.39. The highest BCUT2D eigenvalue weighted by Gasteiger charge is 2.12. The van der Waals surface area contributed by atoms with Gasteiger partial charge in [-0.1, -0.05) is 103 Å². The van der Waals surface area contributed by atoms with Gasteiger partial charge in [0, 0.05) is 0 Å². The monoisotopic (exact) mass is 236 g/mol. The zero-order valence-electron chi connectivity index (χ0n) is 12.3. The van der Waals surface area contributed by atoms with Crippen LogP contribution < -0.4 is 0 Å². The molecule has 0 atom stereocenters. The van der Waals surface area contributed by atoms with E-state index in [0.717, 1.165) is 11.6 Å². The summed E-state index contributed by atoms with van der Waals surface area (Å²) in [5, 5.41) is 0. The van der Waals surface area contributed by atoms with E-state index in [2.05, 4.69) is 13.8 Å². The number of hydrogen-bond donors (Lipinski definition) is 0. The van der Waals surface area contributed by atoms with E-state index in [4.69, 9.17) is 0 Å². The molecule has 0 aliphatic heterocycles. The quantitative estimate of drug-likeness (QED) is 0.537. The third-order valence-electron chi connectivity index (χ3n) is 4.28. The maximum Gasteiger partial charge on any atom is 0.126 e. The van der Waals surface area contributed by atoms with Crippen LogP contribution >= 0.6 is 0 Å². The molecule has 1 fully saturated rings. The molecule has 0 bridgehead atoms. The van der Waals surface area contributed by atoms with Gasteiger partial charge in [-0.2, -0.15) is 0 Å². The predicted octanol–water partition coefficient (Wildman–Crippen LogP) is 5.73. The van der Waals surface area contributed by atoms with Gasteiger partial charge in [0.15, 0.2) is 0 Å². The lowest BCUT2D eigenvalue weighted by Gasteiger charge is -2.17. The maximum atomic E-state index is 2.39. The lowest BCUT2D eigenvalue weighted by molar-refractivity contribution is 0.555. The lowest BCUT2D eigenvalue weighted by atomic mass is 9.53. The number of rotatable bonds is 2. The molecule has 0 heterocycles. The first-order valence-electron chi connectivity index (χ1n) is 8.29. The second-order valence-corrected chi connectivity index (χ2v) is 6.61. The summed E-state index contributed by atoms with van der Waals surface area (Å²) in [6.07, 6.45) is 18.0. The molecule has 0 amide bonds. The highest BCUT2D eigenvalue weighted by Crippen LogP contribution is 2.26. The van der Waals surface area contributed by atoms with Crippen molar-refractivity contribution in [1.29, 1.82) is 0 Å². The fraction of sp³-hybridized carbons (Fsp3) is 1.00. The third kappa shape index (κ3) is 8.74. The van der Waals surface area contributed by atoms with Crippen LogP contribution in [-0.4, -0.2) is 7.28 Å². The molecule has 0 radical (unpaired) electrons. The van der Waals surface area contributed by atoms with E-state index in [1.54, 1.807) is 0 Å². The van der Waals surface area contributed by atoms with Crippen molar-refractivity contribution in [2.75, 3.05) is 0 Å². The van der Waals surface area contributed by atoms with Crippen molar-refractivity contribution in [3.05, 3.63) is 0 Å². The molecule has 1 aliphatic carbocycles. The predicted molar refractivity (Wildman–Crippen MR) is 81.4 cm³/mol. The molecular weight excluding hydrogens is 203 g/mol. The van der Waals surface area contributed by atoms with E-state index in [-0.39, 0.29) is 0 Å². The molecule has 0 aromatic carbocycles. The average Bonchev–Trinajstić information content (AvgIpc) is 2.30. The van der Waals surface area contributed by atoms with Gasteiger partial charge in [-0.25, -0.2) is 0 Å². The molecule has 0 aromatic rings. The fourth-order valence-corrected chi connectivity index (χ4v) is 3.33. The van der Waals surface area contributed by atoms with Crippen molar-refractivity contribution in [2.45, 2.75) is 103 Å². The minimum Gasteiger partial charge on any atom is -0.0710 e. The summed E-state index contributed by atoms with van der Waals surface area (Å²) in [6, 6.07) is 0. The molecule has 1 saturated carbocycles. The second-order valence-electron chi connectivity index (χ2n) is 6.61. The minimum absolute atomic E-state index is 0.899. The topological polar surface area (TPSA) is 0 Å². The molecule has 100 valence electrons. The van der Waals surface area contributed by atoms with Gasteiger partial charge in [-0.15, -0.1) is 0 Å². The first-order chi connectivity index (χ1) is 8.29. The Morgan fingerprint density at radius 3 is 1.35 bits per heavy atom. The van der Waals surface area contributed by atoms with Gasteiger partial charge in [0.1, 0.15) is 7.28 Å². The third-order valence-corrected chi connectivity index (χ3v) is 4.28. The van der Waals surface area contributed by atoms with Crippen LogP contribution in [0, 0.1) is 0 Å². The minimum atomic E-state index is 0.899. The molecule has 17 heavy (non-hydrogen) atoms. The first kappa shape index (κ1) is 15.1. The Morgan fingerprint density at radius 2 is 1.00 bits per heavy atom. The van der Waals surface area contributed by atoms with Gasteiger partial charge in [-0.05, 0) is 0 Å². The standard InChI is InChI=1S/C16H33B/c1-15(2)17-16-13-11-9-7-5-3-4-6-8-10-12-14-16/h15-17H,3-14H2,1-2H3. The molecule has 0 unspecified atom stereocenters. The first-order valence-corrected chi connectivity index (χ1v) is 8.29. The molecule has 0 aromatic heterocycles. The van der Waals surface area contributed by atoms with Crippen molar-refractivity contribution in [2.24, 2.45) is 0 Å². The SMILES string of the molecule is CC(C)BC1CCCCCCCCCCCC1. The van der Waals surface area contributed by atoms with Crippen molar-refractivity contribution in [1.82, 2.24) is 0 Å². The second kappa shape index (κ2) is 10.0. The van der Waals surface area contributed by atoms with Crippen molar-refractivity contribution < 1.29 is 0 Å². The van der Waals surface area contributed by atoms with Gasteiger partial charge in [-0.3, -0.25) is 0 Å². The van der Waals surface area contributed by atoms with E-state index in [1.165, 1.54) is 84.3 Å². The largest absolute Gasteiger partial charge is 0.126 e. The van der Waals surface area contributed by atoms with Crippen molar-refractivity contribution >= 4 is 7.28 Å². The van der Waals surface area contributed by atoms with Gasteiger partial charge in [0.05, 0.1) is 0 Å². The molecule has 0 nitrogen and oxygen atoms in total. The zero-order chi connectivity index (χ0) is 12.3. The van der Waals surface area contributed by atoms with Crippen LogP contribution in [0.5, 0.6) is 0 Å². The van der Waals surface area contributed by atoms with Gasteiger partial charge < -0.3 is 0 Å². The van der Waals surface area contributed by atoms with E-state index >= 15 is 0 Å². The Balaban J connectivity index is 2.25. The summed E-state index contributed by atoms with van der Waals surface area (Å²) in [5.41, 5.74) is 0. The Kier molecular flexibility index (Phi) is 8.92. The highest BCUT2D eigenvalue weighted by atomic mass is 14.1. The van der Waals surface area contributed by atoms with Crippen LogP contribution in [0.1, 0.15) is 90.9 Å². The van der Waals surface area contributed by atoms with E-state index in [9.17, 15) is 0 Å². The van der Waals surface area contributed by atoms with Crippen LogP contribution in [-0.2, 0) is 0 Å². The molecule has 0 saturated heterocycles. The summed E-state index contributed by atoms with van der Waals surface area (Å²) in [5.74, 6) is 1.94. The van der Waals surface area contributed by atoms with Crippen LogP contribution in [0.15, 0.2) is 0 Å². The Morgan fingerprint density at radius 1 is 0.647 bits per heavy atom. The molecule has 1 heteroatoms. The number of hydrogen-bond acceptors (Lipinski definition) is 0. The Hall–Kier alpha value is 0.0649. The average molecular weight is 236 g/mol. The van der Waals surface area contributed by atoms with Crippen molar-refractivity contribution in [3.8, 4) is 0 Å². The van der Waals surface area contributed by atoms with Crippen molar-refractivity contribution in [3.63, 3.8) is 0 Å². The summed E-state index contributed by atoms with van der Waals surface area (Å²) in [7, 11) is 1.47. The summed E-state index contributed by atoms with van der Waals surface area (Å²) in [6.45, 7) is 4.78. The normalized spacial score (nSPS) is 22.5. The molecule has 0 N–H and O–H groups in total. The highest BCUT2D eigenvalue weighted by molar-refractivity contribution is 6.39. The molecule has 1 aliphatic rings. The molecule has 0 spiro atoms. The summed E-state index contributed by atoms with van der Waals surface area (Å²) in [4.78, 5) is 0. The van der Waals surface area contributed by atoms with Crippen LogP contribution in [0.4, 0.5) is 0 Å². The van der Waals surface area contributed by atoms with Crippen LogP contribution in [0.2, 0.25) is 11.6 Å². The van der Waals surface area contributed by atoms with E-state index in [0.29, 0.717) is 0 Å². The van der Waals surface area contributed by atoms with E-state index in [1.807, 2.05) is 0 Å². The zero-order valence-corrected chi connectivity index (χ0v) is 12.3. The molecule has 1 rings (SSSR count). The Bertz CT molecular complexity index is 151. The molecular formula is C16H33B. The summed E-state index contributed by atoms with van der Waals surface area (Å²) < 4.78 is 0. The smallest absolute Gasteiger partial charge is 0.0710 e. The van der Waals surface area contributed by atoms with Crippen LogP contribution in [0.3, 0.4) is 0 Å². The lowest BCUT2D eigenvalue weighted by Crippen LogP contribution is -2.07. The van der Waals surface area contributed by atoms with Gasteiger partial charge in [0.25, 0.3) is 0 Å². The summed E-state index contributed by atoms with van der Waals surface area (Å²) >= 11 is 0. The fourth-order valence-electron chi connectivity index (χ4n) is 3.33. The Labute approximate surface area is 110 Å². The van der Waals surface area contributed by atoms with E-state index < -0.39 is 0 Å². The van der Waals surface area contributed by atoms with Crippen LogP contribution in [0.25, 0.3) is 0 Å². The van der Waals surface area contributed by atoms with Gasteiger partial charge in [0.2, 0.25) is 0 Å².